The first-order chi connectivity index (χ1) is 15.7. The summed E-state index contributed by atoms with van der Waals surface area (Å²) in [5.41, 5.74) is 3.29. The molecule has 2 aromatic rings. The average molecular weight is 453 g/mol. The minimum atomic E-state index is -0.152. The molecule has 2 N–H and O–H groups in total. The summed E-state index contributed by atoms with van der Waals surface area (Å²) in [5.74, 6) is 0.477. The predicted molar refractivity (Wildman–Crippen MR) is 142 cm³/mol. The molecular weight excluding hydrogens is 412 g/mol. The van der Waals surface area contributed by atoms with Crippen molar-refractivity contribution in [1.29, 1.82) is 0 Å². The number of phenols is 2. The zero-order chi connectivity index (χ0) is 24.4. The van der Waals surface area contributed by atoms with Crippen LogP contribution in [0.5, 0.6) is 11.5 Å². The number of nitrogens with zero attached hydrogens (tertiary/aromatic N) is 4. The first-order valence-corrected chi connectivity index (χ1v) is 11.9. The Bertz CT molecular complexity index is 870. The molecule has 2 aromatic carbocycles. The van der Waals surface area contributed by atoms with Crippen LogP contribution in [0.2, 0.25) is 0 Å². The van der Waals surface area contributed by atoms with Gasteiger partial charge in [0, 0.05) is 91.7 Å². The molecule has 6 nitrogen and oxygen atoms in total. The zero-order valence-corrected chi connectivity index (χ0v) is 21.0. The monoisotopic (exact) mass is 452 g/mol. The van der Waals surface area contributed by atoms with Gasteiger partial charge < -0.3 is 20.0 Å². The number of hydrogen-bond acceptors (Lipinski definition) is 6. The third-order valence-corrected chi connectivity index (χ3v) is 5.78. The fraction of sp³-hybridized carbons (Fsp3) is 0.481. The molecule has 0 fully saturated rings. The van der Waals surface area contributed by atoms with Crippen LogP contribution in [0.1, 0.15) is 52.7 Å². The number of anilines is 2. The maximum absolute atomic E-state index is 10.4. The van der Waals surface area contributed by atoms with Crippen LogP contribution in [0.15, 0.2) is 46.4 Å². The minimum Gasteiger partial charge on any atom is -0.507 e. The molecule has 0 amide bonds. The third kappa shape index (κ3) is 7.52. The van der Waals surface area contributed by atoms with Crippen molar-refractivity contribution in [2.24, 2.45) is 15.4 Å². The van der Waals surface area contributed by atoms with Crippen LogP contribution < -0.4 is 9.80 Å². The van der Waals surface area contributed by atoms with E-state index in [1.807, 2.05) is 24.3 Å². The van der Waals surface area contributed by atoms with Crippen molar-refractivity contribution in [3.8, 4) is 11.5 Å². The second-order valence-corrected chi connectivity index (χ2v) is 8.93. The average Bonchev–Trinajstić information content (AvgIpc) is 2.78. The summed E-state index contributed by atoms with van der Waals surface area (Å²) < 4.78 is 0. The second-order valence-electron chi connectivity index (χ2n) is 8.93. The van der Waals surface area contributed by atoms with E-state index in [-0.39, 0.29) is 16.9 Å². The Morgan fingerprint density at radius 1 is 0.697 bits per heavy atom. The lowest BCUT2D eigenvalue weighted by molar-refractivity contribution is 0.396. The summed E-state index contributed by atoms with van der Waals surface area (Å²) in [6.45, 7) is 17.4. The molecule has 0 aliphatic rings. The molecule has 6 heteroatoms. The highest BCUT2D eigenvalue weighted by Crippen LogP contribution is 2.25. The normalized spacial score (nSPS) is 12.1. The molecule has 0 bridgehead atoms. The number of aliphatic imine (C=N–C) groups is 2. The predicted octanol–water partition coefficient (Wildman–Crippen LogP) is 5.35. The first-order valence-electron chi connectivity index (χ1n) is 11.9. The first kappa shape index (κ1) is 26.2. The molecule has 33 heavy (non-hydrogen) atoms. The van der Waals surface area contributed by atoms with Crippen molar-refractivity contribution in [3.05, 3.63) is 47.5 Å². The van der Waals surface area contributed by atoms with Crippen LogP contribution in [0, 0.1) is 5.41 Å². The van der Waals surface area contributed by atoms with Gasteiger partial charge in [0.15, 0.2) is 0 Å². The maximum atomic E-state index is 10.4. The quantitative estimate of drug-likeness (QED) is 0.426. The smallest absolute Gasteiger partial charge is 0.126 e. The van der Waals surface area contributed by atoms with Crippen LogP contribution in [0.25, 0.3) is 0 Å². The van der Waals surface area contributed by atoms with Gasteiger partial charge in [0.1, 0.15) is 11.5 Å². The fourth-order valence-corrected chi connectivity index (χ4v) is 3.69. The number of rotatable bonds is 12. The molecule has 180 valence electrons. The number of benzene rings is 2. The summed E-state index contributed by atoms with van der Waals surface area (Å²) in [7, 11) is 0. The van der Waals surface area contributed by atoms with Crippen molar-refractivity contribution < 1.29 is 10.2 Å². The summed E-state index contributed by atoms with van der Waals surface area (Å²) in [5, 5.41) is 20.7. The highest BCUT2D eigenvalue weighted by molar-refractivity contribution is 5.85. The summed E-state index contributed by atoms with van der Waals surface area (Å²) in [4.78, 5) is 13.5. The minimum absolute atomic E-state index is 0.152. The van der Waals surface area contributed by atoms with Gasteiger partial charge in [0.05, 0.1) is 0 Å². The number of aromatic hydroxyl groups is 2. The molecule has 0 saturated heterocycles. The third-order valence-electron chi connectivity index (χ3n) is 5.78. The molecule has 2 rings (SSSR count). The van der Waals surface area contributed by atoms with E-state index < -0.39 is 0 Å². The van der Waals surface area contributed by atoms with Gasteiger partial charge in [0.2, 0.25) is 0 Å². The molecule has 0 radical (unpaired) electrons. The van der Waals surface area contributed by atoms with E-state index in [0.29, 0.717) is 24.2 Å². The Morgan fingerprint density at radius 2 is 1.06 bits per heavy atom. The van der Waals surface area contributed by atoms with E-state index in [2.05, 4.69) is 61.3 Å². The van der Waals surface area contributed by atoms with Crippen molar-refractivity contribution in [3.63, 3.8) is 0 Å². The van der Waals surface area contributed by atoms with E-state index in [4.69, 9.17) is 0 Å². The van der Waals surface area contributed by atoms with Crippen molar-refractivity contribution in [1.82, 2.24) is 0 Å². The lowest BCUT2D eigenvalue weighted by atomic mass is 9.94. The maximum Gasteiger partial charge on any atom is 0.126 e. The van der Waals surface area contributed by atoms with Gasteiger partial charge in [-0.1, -0.05) is 13.8 Å². The molecule has 0 aromatic heterocycles. The Hall–Kier alpha value is -3.02. The molecule has 0 saturated carbocycles. The van der Waals surface area contributed by atoms with Gasteiger partial charge in [-0.15, -0.1) is 0 Å². The van der Waals surface area contributed by atoms with Crippen LogP contribution in [-0.2, 0) is 0 Å². The van der Waals surface area contributed by atoms with Gasteiger partial charge in [-0.05, 0) is 52.0 Å². The Balaban J connectivity index is 1.97. The molecule has 0 heterocycles. The van der Waals surface area contributed by atoms with Crippen molar-refractivity contribution in [2.75, 3.05) is 49.1 Å². The molecule has 0 spiro atoms. The van der Waals surface area contributed by atoms with E-state index in [1.54, 1.807) is 24.6 Å². The number of hydrogen-bond donors (Lipinski definition) is 2. The van der Waals surface area contributed by atoms with Crippen molar-refractivity contribution in [2.45, 2.75) is 41.5 Å². The molecule has 0 aliphatic carbocycles. The number of phenolic OH excluding ortho intramolecular Hbond substituents is 2. The Kier molecular flexibility index (Phi) is 9.76. The molecule has 0 unspecified atom stereocenters. The highest BCUT2D eigenvalue weighted by Gasteiger charge is 2.16. The molecule has 0 aliphatic heterocycles. The largest absolute Gasteiger partial charge is 0.507 e. The summed E-state index contributed by atoms with van der Waals surface area (Å²) >= 11 is 0. The Morgan fingerprint density at radius 3 is 1.36 bits per heavy atom. The highest BCUT2D eigenvalue weighted by atomic mass is 16.3. The van der Waals surface area contributed by atoms with E-state index in [0.717, 1.165) is 37.6 Å². The lowest BCUT2D eigenvalue weighted by Gasteiger charge is -2.21. The van der Waals surface area contributed by atoms with Crippen molar-refractivity contribution >= 4 is 23.8 Å². The summed E-state index contributed by atoms with van der Waals surface area (Å²) in [6, 6.07) is 11.4. The van der Waals surface area contributed by atoms with E-state index >= 15 is 0 Å². The fourth-order valence-electron chi connectivity index (χ4n) is 3.69. The van der Waals surface area contributed by atoms with Crippen LogP contribution >= 0.6 is 0 Å². The van der Waals surface area contributed by atoms with Gasteiger partial charge in [-0.25, -0.2) is 0 Å². The topological polar surface area (TPSA) is 71.7 Å². The van der Waals surface area contributed by atoms with Gasteiger partial charge in [-0.2, -0.15) is 0 Å². The van der Waals surface area contributed by atoms with Crippen LogP contribution in [0.3, 0.4) is 0 Å². The SMILES string of the molecule is CCN(CC)c1ccc(C=NCC(C)(C)CN=Cc2ccc(N(CC)CC)cc2O)c(O)c1. The standard InChI is InChI=1S/C27H40N4O2/c1-7-30(8-2)23-13-11-21(25(32)15-23)17-28-19-27(5,6)20-29-18-22-12-14-24(16-26(22)33)31(9-3)10-4/h11-18,32-33H,7-10,19-20H2,1-6H3. The van der Waals surface area contributed by atoms with Crippen LogP contribution in [0.4, 0.5) is 11.4 Å². The van der Waals surface area contributed by atoms with Crippen LogP contribution in [-0.4, -0.2) is 61.9 Å². The van der Waals surface area contributed by atoms with E-state index in [1.165, 1.54) is 0 Å². The zero-order valence-electron chi connectivity index (χ0n) is 21.0. The lowest BCUT2D eigenvalue weighted by Crippen LogP contribution is -2.21. The second kappa shape index (κ2) is 12.3. The molecule has 0 atom stereocenters. The Labute approximate surface area is 199 Å². The van der Waals surface area contributed by atoms with Gasteiger partial charge >= 0.3 is 0 Å². The molecular formula is C27H40N4O2. The summed E-state index contributed by atoms with van der Waals surface area (Å²) in [6.07, 6.45) is 3.45. The van der Waals surface area contributed by atoms with E-state index in [9.17, 15) is 10.2 Å². The van der Waals surface area contributed by atoms with Gasteiger partial charge in [0.25, 0.3) is 0 Å². The van der Waals surface area contributed by atoms with Gasteiger partial charge in [-0.3, -0.25) is 9.98 Å².